The van der Waals surface area contributed by atoms with E-state index >= 15 is 0 Å². The molecule has 1 aromatic heterocycles. The van der Waals surface area contributed by atoms with E-state index in [1.165, 1.54) is 0 Å². The first-order chi connectivity index (χ1) is 6.92. The smallest absolute Gasteiger partial charge is 0.422 e. The van der Waals surface area contributed by atoms with Crippen LogP contribution in [0.3, 0.4) is 0 Å². The topological polar surface area (TPSA) is 48.1 Å². The van der Waals surface area contributed by atoms with Gasteiger partial charge in [-0.1, -0.05) is 6.07 Å². The highest BCUT2D eigenvalue weighted by Gasteiger charge is 2.28. The van der Waals surface area contributed by atoms with Crippen LogP contribution < -0.4 is 10.5 Å². The van der Waals surface area contributed by atoms with Gasteiger partial charge in [-0.2, -0.15) is 13.2 Å². The third-order valence-corrected chi connectivity index (χ3v) is 1.69. The predicted octanol–water partition coefficient (Wildman–Crippen LogP) is 1.79. The van der Waals surface area contributed by atoms with Gasteiger partial charge in [0.1, 0.15) is 0 Å². The average Bonchev–Trinajstić information content (AvgIpc) is 2.15. The van der Waals surface area contributed by atoms with Crippen LogP contribution in [0.5, 0.6) is 5.88 Å². The number of ether oxygens (including phenoxy) is 1. The maximum absolute atomic E-state index is 11.9. The third-order valence-electron chi connectivity index (χ3n) is 1.69. The minimum Gasteiger partial charge on any atom is -0.468 e. The molecular weight excluding hydrogens is 209 g/mol. The second-order valence-electron chi connectivity index (χ2n) is 3.03. The van der Waals surface area contributed by atoms with Crippen molar-refractivity contribution in [3.63, 3.8) is 0 Å². The lowest BCUT2D eigenvalue weighted by Gasteiger charge is -2.10. The van der Waals surface area contributed by atoms with Gasteiger partial charge in [0, 0.05) is 12.1 Å². The van der Waals surface area contributed by atoms with Gasteiger partial charge in [0.15, 0.2) is 6.61 Å². The zero-order chi connectivity index (χ0) is 11.5. The summed E-state index contributed by atoms with van der Waals surface area (Å²) < 4.78 is 40.2. The second kappa shape index (κ2) is 4.48. The fraction of sp³-hybridized carbons (Fsp3) is 0.444. The molecule has 0 radical (unpaired) electrons. The quantitative estimate of drug-likeness (QED) is 0.844. The van der Waals surface area contributed by atoms with Crippen LogP contribution in [-0.4, -0.2) is 17.8 Å². The van der Waals surface area contributed by atoms with E-state index in [2.05, 4.69) is 9.72 Å². The largest absolute Gasteiger partial charge is 0.468 e. The van der Waals surface area contributed by atoms with Gasteiger partial charge >= 0.3 is 6.18 Å². The summed E-state index contributed by atoms with van der Waals surface area (Å²) in [5, 5.41) is 0. The number of hydrogen-bond acceptors (Lipinski definition) is 3. The fourth-order valence-corrected chi connectivity index (χ4v) is 0.958. The molecule has 0 fully saturated rings. The van der Waals surface area contributed by atoms with Crippen molar-refractivity contribution in [2.75, 3.05) is 6.61 Å². The summed E-state index contributed by atoms with van der Waals surface area (Å²) >= 11 is 0. The first-order valence-electron chi connectivity index (χ1n) is 4.28. The van der Waals surface area contributed by atoms with Crippen molar-refractivity contribution in [2.24, 2.45) is 5.73 Å². The number of pyridine rings is 1. The van der Waals surface area contributed by atoms with Gasteiger partial charge in [0.05, 0.1) is 5.69 Å². The molecule has 0 aliphatic heterocycles. The molecule has 0 saturated carbocycles. The molecule has 1 heterocycles. The number of rotatable bonds is 3. The number of aryl methyl sites for hydroxylation is 1. The number of halogens is 3. The Labute approximate surface area is 85.1 Å². The lowest BCUT2D eigenvalue weighted by atomic mass is 10.2. The summed E-state index contributed by atoms with van der Waals surface area (Å²) in [5.41, 5.74) is 6.36. The van der Waals surface area contributed by atoms with Gasteiger partial charge in [-0.3, -0.25) is 0 Å². The van der Waals surface area contributed by atoms with E-state index in [0.29, 0.717) is 11.3 Å². The lowest BCUT2D eigenvalue weighted by Crippen LogP contribution is -2.20. The van der Waals surface area contributed by atoms with Gasteiger partial charge in [-0.05, 0) is 13.0 Å². The average molecular weight is 220 g/mol. The number of nitrogens with two attached hydrogens (primary N) is 1. The Bertz CT molecular complexity index is 339. The molecule has 0 bridgehead atoms. The molecular formula is C9H11F3N2O. The van der Waals surface area contributed by atoms with Gasteiger partial charge in [0.25, 0.3) is 0 Å². The maximum atomic E-state index is 11.9. The molecule has 0 saturated heterocycles. The molecule has 1 aromatic rings. The third kappa shape index (κ3) is 3.75. The van der Waals surface area contributed by atoms with Crippen molar-refractivity contribution in [3.8, 4) is 5.88 Å². The molecule has 0 spiro atoms. The summed E-state index contributed by atoms with van der Waals surface area (Å²) in [6.07, 6.45) is -4.35. The summed E-state index contributed by atoms with van der Waals surface area (Å²) in [6.45, 7) is 0.455. The zero-order valence-electron chi connectivity index (χ0n) is 8.14. The Hall–Kier alpha value is -1.30. The van der Waals surface area contributed by atoms with Crippen molar-refractivity contribution in [1.29, 1.82) is 0 Å². The van der Waals surface area contributed by atoms with Crippen molar-refractivity contribution >= 4 is 0 Å². The molecule has 0 aromatic carbocycles. The molecule has 0 aliphatic carbocycles. The molecule has 84 valence electrons. The molecule has 0 amide bonds. The molecule has 15 heavy (non-hydrogen) atoms. The van der Waals surface area contributed by atoms with Gasteiger partial charge < -0.3 is 10.5 Å². The highest BCUT2D eigenvalue weighted by atomic mass is 19.4. The Morgan fingerprint density at radius 3 is 2.60 bits per heavy atom. The Kier molecular flexibility index (Phi) is 3.52. The van der Waals surface area contributed by atoms with Crippen molar-refractivity contribution < 1.29 is 17.9 Å². The number of alkyl halides is 3. The summed E-state index contributed by atoms with van der Waals surface area (Å²) in [6, 6.07) is 3.27. The van der Waals surface area contributed by atoms with Crippen molar-refractivity contribution in [2.45, 2.75) is 19.6 Å². The Morgan fingerprint density at radius 1 is 1.40 bits per heavy atom. The first kappa shape index (κ1) is 11.8. The van der Waals surface area contributed by atoms with Crippen LogP contribution >= 0.6 is 0 Å². The number of nitrogens with zero attached hydrogens (tertiary/aromatic N) is 1. The van der Waals surface area contributed by atoms with E-state index < -0.39 is 12.8 Å². The molecule has 0 unspecified atom stereocenters. The summed E-state index contributed by atoms with van der Waals surface area (Å²) in [7, 11) is 0. The van der Waals surface area contributed by atoms with Crippen LogP contribution in [0.15, 0.2) is 12.1 Å². The van der Waals surface area contributed by atoms with Crippen LogP contribution in [0.25, 0.3) is 0 Å². The van der Waals surface area contributed by atoms with Crippen LogP contribution in [0.1, 0.15) is 11.3 Å². The van der Waals surface area contributed by atoms with E-state index in [-0.39, 0.29) is 12.4 Å². The highest BCUT2D eigenvalue weighted by molar-refractivity contribution is 5.26. The minimum atomic E-state index is -4.35. The van der Waals surface area contributed by atoms with Crippen LogP contribution in [-0.2, 0) is 6.54 Å². The van der Waals surface area contributed by atoms with Gasteiger partial charge in [-0.25, -0.2) is 4.98 Å². The standard InChI is InChI=1S/C9H11F3N2O/c1-6-2-3-7(4-13)14-8(6)15-5-9(10,11)12/h2-3H,4-5,13H2,1H3. The van der Waals surface area contributed by atoms with Crippen LogP contribution in [0.4, 0.5) is 13.2 Å². The monoisotopic (exact) mass is 220 g/mol. The zero-order valence-corrected chi connectivity index (χ0v) is 8.14. The summed E-state index contributed by atoms with van der Waals surface area (Å²) in [5.74, 6) is -0.0183. The van der Waals surface area contributed by atoms with Gasteiger partial charge in [-0.15, -0.1) is 0 Å². The number of hydrogen-bond donors (Lipinski definition) is 1. The van der Waals surface area contributed by atoms with Crippen molar-refractivity contribution in [3.05, 3.63) is 23.4 Å². The highest BCUT2D eigenvalue weighted by Crippen LogP contribution is 2.20. The molecule has 2 N–H and O–H groups in total. The van der Waals surface area contributed by atoms with Crippen LogP contribution in [0.2, 0.25) is 0 Å². The Morgan fingerprint density at radius 2 is 2.07 bits per heavy atom. The molecule has 0 atom stereocenters. The van der Waals surface area contributed by atoms with Crippen molar-refractivity contribution in [1.82, 2.24) is 4.98 Å². The van der Waals surface area contributed by atoms with E-state index in [1.807, 2.05) is 0 Å². The summed E-state index contributed by atoms with van der Waals surface area (Å²) in [4.78, 5) is 3.85. The molecule has 1 rings (SSSR count). The van der Waals surface area contributed by atoms with E-state index in [1.54, 1.807) is 19.1 Å². The predicted molar refractivity (Wildman–Crippen MR) is 48.4 cm³/mol. The lowest BCUT2D eigenvalue weighted by molar-refractivity contribution is -0.154. The minimum absolute atomic E-state index is 0.0183. The molecule has 0 aliphatic rings. The SMILES string of the molecule is Cc1ccc(CN)nc1OCC(F)(F)F. The van der Waals surface area contributed by atoms with E-state index in [0.717, 1.165) is 0 Å². The Balaban J connectivity index is 2.75. The maximum Gasteiger partial charge on any atom is 0.422 e. The molecule has 3 nitrogen and oxygen atoms in total. The second-order valence-corrected chi connectivity index (χ2v) is 3.03. The van der Waals surface area contributed by atoms with Gasteiger partial charge in [0.2, 0.25) is 5.88 Å². The number of aromatic nitrogens is 1. The van der Waals surface area contributed by atoms with E-state index in [9.17, 15) is 13.2 Å². The van der Waals surface area contributed by atoms with E-state index in [4.69, 9.17) is 5.73 Å². The fourth-order valence-electron chi connectivity index (χ4n) is 0.958. The first-order valence-corrected chi connectivity index (χ1v) is 4.28. The van der Waals surface area contributed by atoms with Crippen LogP contribution in [0, 0.1) is 6.92 Å². The molecule has 6 heteroatoms. The normalized spacial score (nSPS) is 11.5.